The topological polar surface area (TPSA) is 112 Å². The Labute approximate surface area is 170 Å². The Balaban J connectivity index is 2.21. The van der Waals surface area contributed by atoms with Crippen LogP contribution in [0.25, 0.3) is 0 Å². The van der Waals surface area contributed by atoms with Gasteiger partial charge in [0.25, 0.3) is 5.69 Å². The number of hydrogen-bond acceptors (Lipinski definition) is 5. The van der Waals surface area contributed by atoms with E-state index in [9.17, 15) is 20.2 Å². The Morgan fingerprint density at radius 2 is 1.55 bits per heavy atom. The van der Waals surface area contributed by atoms with Crippen LogP contribution >= 0.6 is 0 Å². The van der Waals surface area contributed by atoms with Crippen molar-refractivity contribution in [3.05, 3.63) is 67.8 Å². The molecule has 155 valence electrons. The zero-order valence-electron chi connectivity index (χ0n) is 17.6. The van der Waals surface area contributed by atoms with Crippen molar-refractivity contribution in [2.24, 2.45) is 5.41 Å². The molecule has 0 aliphatic carbocycles. The Morgan fingerprint density at radius 1 is 0.966 bits per heavy atom. The maximum absolute atomic E-state index is 11.3. The molecule has 0 unspecified atom stereocenters. The molecule has 1 radical (unpaired) electrons. The maximum Gasteiger partial charge on any atom is 0.303 e. The van der Waals surface area contributed by atoms with Gasteiger partial charge in [-0.1, -0.05) is 46.8 Å². The highest BCUT2D eigenvalue weighted by molar-refractivity contribution is 5.67. The van der Waals surface area contributed by atoms with E-state index in [4.69, 9.17) is 0 Å². The predicted molar refractivity (Wildman–Crippen MR) is 113 cm³/mol. The van der Waals surface area contributed by atoms with Gasteiger partial charge < -0.3 is 0 Å². The molecule has 0 fully saturated rings. The monoisotopic (exact) mass is 399 g/mol. The molecule has 0 aliphatic heterocycles. The lowest BCUT2D eigenvalue weighted by molar-refractivity contribution is -0.393. The van der Waals surface area contributed by atoms with E-state index in [-0.39, 0.29) is 22.2 Å². The van der Waals surface area contributed by atoms with Crippen LogP contribution in [-0.4, -0.2) is 9.85 Å². The van der Waals surface area contributed by atoms with Gasteiger partial charge in [-0.2, -0.15) is 5.43 Å². The SMILES string of the molecule is Cc1cc([N+](=O)[O-])cc([N+](=O)[O-])c1[N]Nc1ccc(C(C)(C)CC(C)(C)C)cc1. The highest BCUT2D eigenvalue weighted by Gasteiger charge is 2.27. The number of benzene rings is 2. The number of nitrogens with one attached hydrogen (secondary N) is 1. The number of hydrogen-bond donors (Lipinski definition) is 1. The zero-order valence-corrected chi connectivity index (χ0v) is 17.6. The third-order valence-corrected chi connectivity index (χ3v) is 4.61. The first kappa shape index (κ1) is 22.1. The van der Waals surface area contributed by atoms with Crippen LogP contribution in [0.1, 0.15) is 52.2 Å². The van der Waals surface area contributed by atoms with Gasteiger partial charge in [-0.15, -0.1) is 0 Å². The van der Waals surface area contributed by atoms with Gasteiger partial charge >= 0.3 is 5.69 Å². The van der Waals surface area contributed by atoms with Crippen LogP contribution in [0, 0.1) is 32.6 Å². The van der Waals surface area contributed by atoms with Crippen molar-refractivity contribution in [1.29, 1.82) is 0 Å². The summed E-state index contributed by atoms with van der Waals surface area (Å²) in [7, 11) is 0. The summed E-state index contributed by atoms with van der Waals surface area (Å²) in [5, 5.41) is 22.3. The molecule has 0 atom stereocenters. The average molecular weight is 399 g/mol. The van der Waals surface area contributed by atoms with Crippen molar-refractivity contribution >= 4 is 22.7 Å². The molecule has 1 N–H and O–H groups in total. The third kappa shape index (κ3) is 5.66. The zero-order chi connectivity index (χ0) is 22.0. The fourth-order valence-corrected chi connectivity index (χ4v) is 3.68. The number of nitro groups is 2. The fourth-order valence-electron chi connectivity index (χ4n) is 3.68. The van der Waals surface area contributed by atoms with Crippen molar-refractivity contribution < 1.29 is 9.85 Å². The Kier molecular flexibility index (Phi) is 6.15. The first-order valence-corrected chi connectivity index (χ1v) is 9.31. The predicted octanol–water partition coefficient (Wildman–Crippen LogP) is 5.79. The number of nitro benzene ring substituents is 2. The van der Waals surface area contributed by atoms with Gasteiger partial charge in [0.15, 0.2) is 5.69 Å². The highest BCUT2D eigenvalue weighted by atomic mass is 16.6. The van der Waals surface area contributed by atoms with E-state index >= 15 is 0 Å². The first-order chi connectivity index (χ1) is 13.3. The second-order valence-corrected chi connectivity index (χ2v) is 9.07. The summed E-state index contributed by atoms with van der Waals surface area (Å²) in [5.41, 5.74) is 8.69. The van der Waals surface area contributed by atoms with Crippen molar-refractivity contribution in [2.45, 2.75) is 53.4 Å². The normalized spacial score (nSPS) is 11.8. The van der Waals surface area contributed by atoms with E-state index in [2.05, 4.69) is 45.5 Å². The lowest BCUT2D eigenvalue weighted by atomic mass is 9.72. The number of rotatable bonds is 7. The van der Waals surface area contributed by atoms with Crippen LogP contribution in [0.15, 0.2) is 36.4 Å². The summed E-state index contributed by atoms with van der Waals surface area (Å²) in [6, 6.07) is 9.96. The molecule has 8 heteroatoms. The molecule has 0 saturated carbocycles. The van der Waals surface area contributed by atoms with Gasteiger partial charge in [0, 0.05) is 6.07 Å². The number of nitrogens with zero attached hydrogens (tertiary/aromatic N) is 3. The summed E-state index contributed by atoms with van der Waals surface area (Å²) in [6.45, 7) is 12.6. The van der Waals surface area contributed by atoms with E-state index in [1.807, 2.05) is 24.3 Å². The molecule has 2 aromatic rings. The van der Waals surface area contributed by atoms with E-state index in [1.54, 1.807) is 6.92 Å². The van der Waals surface area contributed by atoms with E-state index in [0.717, 1.165) is 12.5 Å². The lowest BCUT2D eigenvalue weighted by Gasteiger charge is -2.33. The largest absolute Gasteiger partial charge is 0.303 e. The van der Waals surface area contributed by atoms with Gasteiger partial charge in [-0.25, -0.2) is 0 Å². The van der Waals surface area contributed by atoms with Gasteiger partial charge in [0.1, 0.15) is 0 Å². The molecule has 0 heterocycles. The average Bonchev–Trinajstić information content (AvgIpc) is 2.58. The second kappa shape index (κ2) is 8.06. The fraction of sp³-hybridized carbons (Fsp3) is 0.429. The van der Waals surface area contributed by atoms with Crippen molar-refractivity contribution in [3.63, 3.8) is 0 Å². The van der Waals surface area contributed by atoms with Gasteiger partial charge in [-0.05, 0) is 47.4 Å². The third-order valence-electron chi connectivity index (χ3n) is 4.61. The van der Waals surface area contributed by atoms with Crippen LogP contribution in [0.5, 0.6) is 0 Å². The molecule has 2 aromatic carbocycles. The first-order valence-electron chi connectivity index (χ1n) is 9.31. The van der Waals surface area contributed by atoms with Gasteiger partial charge in [0.05, 0.1) is 21.6 Å². The number of aryl methyl sites for hydroxylation is 1. The second-order valence-electron chi connectivity index (χ2n) is 9.07. The molecule has 0 aliphatic rings. The highest BCUT2D eigenvalue weighted by Crippen LogP contribution is 2.37. The van der Waals surface area contributed by atoms with Crippen molar-refractivity contribution in [2.75, 3.05) is 5.43 Å². The summed E-state index contributed by atoms with van der Waals surface area (Å²) < 4.78 is 0. The molecular weight excluding hydrogens is 372 g/mol. The maximum atomic E-state index is 11.3. The molecule has 0 saturated heterocycles. The Morgan fingerprint density at radius 3 is 2.03 bits per heavy atom. The molecule has 8 nitrogen and oxygen atoms in total. The standard InChI is InChI=1S/C21H27N4O4/c1-14-11-17(24(26)27)12-18(25(28)29)19(14)23-22-16-9-7-15(8-10-16)21(5,6)13-20(2,3)4/h7-12,22H,13H2,1-6H3. The molecular formula is C21H27N4O4. The molecule has 2 rings (SSSR count). The molecule has 0 spiro atoms. The number of anilines is 1. The minimum absolute atomic E-state index is 0.00165. The van der Waals surface area contributed by atoms with Crippen LogP contribution in [0.4, 0.5) is 22.7 Å². The lowest BCUT2D eigenvalue weighted by Crippen LogP contribution is -2.24. The Hall–Kier alpha value is -3.16. The molecule has 0 aromatic heterocycles. The Bertz CT molecular complexity index is 916. The smallest absolute Gasteiger partial charge is 0.278 e. The van der Waals surface area contributed by atoms with Crippen LogP contribution in [0.3, 0.4) is 0 Å². The van der Waals surface area contributed by atoms with Crippen LogP contribution in [0.2, 0.25) is 0 Å². The van der Waals surface area contributed by atoms with E-state index < -0.39 is 15.5 Å². The van der Waals surface area contributed by atoms with Crippen LogP contribution in [-0.2, 0) is 5.41 Å². The van der Waals surface area contributed by atoms with E-state index in [1.165, 1.54) is 11.6 Å². The molecule has 29 heavy (non-hydrogen) atoms. The van der Waals surface area contributed by atoms with E-state index in [0.29, 0.717) is 11.3 Å². The van der Waals surface area contributed by atoms with Gasteiger partial charge in [-0.3, -0.25) is 25.7 Å². The summed E-state index contributed by atoms with van der Waals surface area (Å²) >= 11 is 0. The van der Waals surface area contributed by atoms with Gasteiger partial charge in [0.2, 0.25) is 0 Å². The quantitative estimate of drug-likeness (QED) is 0.468. The van der Waals surface area contributed by atoms with Crippen molar-refractivity contribution in [3.8, 4) is 0 Å². The minimum atomic E-state index is -0.668. The summed E-state index contributed by atoms with van der Waals surface area (Å²) in [5.74, 6) is 0. The summed E-state index contributed by atoms with van der Waals surface area (Å²) in [6.07, 6.45) is 1.02. The summed E-state index contributed by atoms with van der Waals surface area (Å²) in [4.78, 5) is 21.0. The van der Waals surface area contributed by atoms with Crippen LogP contribution < -0.4 is 10.9 Å². The minimum Gasteiger partial charge on any atom is -0.278 e. The molecule has 0 bridgehead atoms. The van der Waals surface area contributed by atoms with Crippen molar-refractivity contribution in [1.82, 2.24) is 5.43 Å². The number of non-ortho nitro benzene ring substituents is 1. The molecule has 0 amide bonds.